The van der Waals surface area contributed by atoms with Crippen molar-refractivity contribution < 1.29 is 4.39 Å². The number of aromatic nitrogens is 1. The Morgan fingerprint density at radius 2 is 2.00 bits per heavy atom. The van der Waals surface area contributed by atoms with Crippen LogP contribution in [0.25, 0.3) is 0 Å². The molecule has 2 aromatic rings. The van der Waals surface area contributed by atoms with Gasteiger partial charge in [0.2, 0.25) is 0 Å². The van der Waals surface area contributed by atoms with Crippen LogP contribution in [-0.2, 0) is 6.54 Å². The molecule has 3 nitrogen and oxygen atoms in total. The van der Waals surface area contributed by atoms with Crippen LogP contribution in [0, 0.1) is 5.82 Å². The number of likely N-dealkylation sites (N-methyl/N-ethyl adjacent to an activating group) is 1. The second kappa shape index (κ2) is 7.50. The standard InChI is InChI=1S/C16H19ClFN3/c1-2-21(11-12-5-7-20-8-6-12)16(10-19)14-4-3-13(18)9-15(14)17/h3-9,16H,2,10-11,19H2,1H3. The van der Waals surface area contributed by atoms with Gasteiger partial charge in [0.05, 0.1) is 0 Å². The van der Waals surface area contributed by atoms with Crippen molar-refractivity contribution in [1.82, 2.24) is 9.88 Å². The molecule has 0 fully saturated rings. The van der Waals surface area contributed by atoms with E-state index in [0.29, 0.717) is 11.6 Å². The Morgan fingerprint density at radius 3 is 2.57 bits per heavy atom. The first-order valence-electron chi connectivity index (χ1n) is 6.93. The van der Waals surface area contributed by atoms with Crippen molar-refractivity contribution in [3.63, 3.8) is 0 Å². The third kappa shape index (κ3) is 4.00. The number of nitrogens with zero attached hydrogens (tertiary/aromatic N) is 2. The lowest BCUT2D eigenvalue weighted by molar-refractivity contribution is 0.203. The second-order valence-corrected chi connectivity index (χ2v) is 5.24. The predicted molar refractivity (Wildman–Crippen MR) is 83.5 cm³/mol. The summed E-state index contributed by atoms with van der Waals surface area (Å²) in [7, 11) is 0. The maximum absolute atomic E-state index is 13.2. The van der Waals surface area contributed by atoms with Crippen LogP contribution in [0.1, 0.15) is 24.1 Å². The molecule has 5 heteroatoms. The lowest BCUT2D eigenvalue weighted by Gasteiger charge is -2.30. The highest BCUT2D eigenvalue weighted by molar-refractivity contribution is 6.31. The van der Waals surface area contributed by atoms with E-state index in [4.69, 9.17) is 17.3 Å². The maximum atomic E-state index is 13.2. The molecule has 0 saturated heterocycles. The molecule has 112 valence electrons. The van der Waals surface area contributed by atoms with Gasteiger partial charge in [0.1, 0.15) is 5.82 Å². The summed E-state index contributed by atoms with van der Waals surface area (Å²) < 4.78 is 13.2. The molecule has 2 N–H and O–H groups in total. The Kier molecular flexibility index (Phi) is 5.67. The van der Waals surface area contributed by atoms with Crippen LogP contribution in [0.2, 0.25) is 5.02 Å². The van der Waals surface area contributed by atoms with E-state index in [-0.39, 0.29) is 11.9 Å². The SMILES string of the molecule is CCN(Cc1ccncc1)C(CN)c1ccc(F)cc1Cl. The van der Waals surface area contributed by atoms with E-state index in [0.717, 1.165) is 24.2 Å². The zero-order chi connectivity index (χ0) is 15.2. The van der Waals surface area contributed by atoms with E-state index >= 15 is 0 Å². The maximum Gasteiger partial charge on any atom is 0.124 e. The smallest absolute Gasteiger partial charge is 0.124 e. The molecule has 1 aromatic heterocycles. The highest BCUT2D eigenvalue weighted by Crippen LogP contribution is 2.28. The number of rotatable bonds is 6. The van der Waals surface area contributed by atoms with Crippen molar-refractivity contribution in [3.05, 3.63) is 64.7 Å². The largest absolute Gasteiger partial charge is 0.329 e. The molecule has 1 heterocycles. The Bertz CT molecular complexity index is 577. The number of hydrogen-bond acceptors (Lipinski definition) is 3. The van der Waals surface area contributed by atoms with Crippen molar-refractivity contribution in [1.29, 1.82) is 0 Å². The Morgan fingerprint density at radius 1 is 1.29 bits per heavy atom. The Hall–Kier alpha value is -1.49. The van der Waals surface area contributed by atoms with Gasteiger partial charge < -0.3 is 5.73 Å². The lowest BCUT2D eigenvalue weighted by Crippen LogP contribution is -2.33. The average molecular weight is 308 g/mol. The van der Waals surface area contributed by atoms with Crippen molar-refractivity contribution in [2.75, 3.05) is 13.1 Å². The fraction of sp³-hybridized carbons (Fsp3) is 0.312. The molecule has 0 saturated carbocycles. The third-order valence-electron chi connectivity index (χ3n) is 3.53. The monoisotopic (exact) mass is 307 g/mol. The van der Waals surface area contributed by atoms with Crippen molar-refractivity contribution >= 4 is 11.6 Å². The van der Waals surface area contributed by atoms with Crippen molar-refractivity contribution in [3.8, 4) is 0 Å². The van der Waals surface area contributed by atoms with Gasteiger partial charge in [-0.1, -0.05) is 24.6 Å². The Labute approximate surface area is 129 Å². The molecule has 0 aliphatic carbocycles. The molecule has 0 radical (unpaired) electrons. The molecule has 0 amide bonds. The fourth-order valence-corrected chi connectivity index (χ4v) is 2.70. The number of pyridine rings is 1. The molecule has 1 aromatic carbocycles. The second-order valence-electron chi connectivity index (χ2n) is 4.84. The normalized spacial score (nSPS) is 12.6. The predicted octanol–water partition coefficient (Wildman–Crippen LogP) is 3.40. The van der Waals surface area contributed by atoms with Crippen LogP contribution in [-0.4, -0.2) is 23.0 Å². The lowest BCUT2D eigenvalue weighted by atomic mass is 10.0. The number of benzene rings is 1. The molecule has 21 heavy (non-hydrogen) atoms. The summed E-state index contributed by atoms with van der Waals surface area (Å²) in [5.74, 6) is -0.336. The highest BCUT2D eigenvalue weighted by Gasteiger charge is 2.20. The minimum absolute atomic E-state index is 0.0451. The van der Waals surface area contributed by atoms with E-state index < -0.39 is 0 Å². The first-order valence-corrected chi connectivity index (χ1v) is 7.31. The number of halogens is 2. The van der Waals surface area contributed by atoms with Crippen LogP contribution in [0.4, 0.5) is 4.39 Å². The topological polar surface area (TPSA) is 42.2 Å². The van der Waals surface area contributed by atoms with Gasteiger partial charge in [-0.25, -0.2) is 4.39 Å². The molecule has 0 spiro atoms. The van der Waals surface area contributed by atoms with Gasteiger partial charge >= 0.3 is 0 Å². The summed E-state index contributed by atoms with van der Waals surface area (Å²) >= 11 is 6.17. The zero-order valence-electron chi connectivity index (χ0n) is 12.0. The van der Waals surface area contributed by atoms with Crippen molar-refractivity contribution in [2.45, 2.75) is 19.5 Å². The van der Waals surface area contributed by atoms with E-state index in [1.165, 1.54) is 12.1 Å². The molecule has 0 aliphatic rings. The van der Waals surface area contributed by atoms with Gasteiger partial charge in [-0.15, -0.1) is 0 Å². The van der Waals surface area contributed by atoms with Crippen LogP contribution in [0.15, 0.2) is 42.7 Å². The molecule has 0 bridgehead atoms. The third-order valence-corrected chi connectivity index (χ3v) is 3.85. The van der Waals surface area contributed by atoms with Gasteiger partial charge in [0, 0.05) is 36.5 Å². The molecule has 2 rings (SSSR count). The molecule has 1 unspecified atom stereocenters. The number of nitrogens with two attached hydrogens (primary N) is 1. The van der Waals surface area contributed by atoms with Crippen LogP contribution in [0.5, 0.6) is 0 Å². The molecular formula is C16H19ClFN3. The van der Waals surface area contributed by atoms with E-state index in [2.05, 4.69) is 16.8 Å². The average Bonchev–Trinajstić information content (AvgIpc) is 2.49. The van der Waals surface area contributed by atoms with Gasteiger partial charge in [-0.05, 0) is 41.9 Å². The first kappa shape index (κ1) is 15.9. The minimum atomic E-state index is -0.336. The van der Waals surface area contributed by atoms with Crippen LogP contribution in [0.3, 0.4) is 0 Å². The van der Waals surface area contributed by atoms with Crippen molar-refractivity contribution in [2.24, 2.45) is 5.73 Å². The van der Waals surface area contributed by atoms with Gasteiger partial charge in [-0.3, -0.25) is 9.88 Å². The minimum Gasteiger partial charge on any atom is -0.329 e. The van der Waals surface area contributed by atoms with Crippen LogP contribution >= 0.6 is 11.6 Å². The summed E-state index contributed by atoms with van der Waals surface area (Å²) in [5.41, 5.74) is 7.95. The van der Waals surface area contributed by atoms with Gasteiger partial charge in [-0.2, -0.15) is 0 Å². The Balaban J connectivity index is 2.25. The zero-order valence-corrected chi connectivity index (χ0v) is 12.7. The van der Waals surface area contributed by atoms with Gasteiger partial charge in [0.15, 0.2) is 0 Å². The highest BCUT2D eigenvalue weighted by atomic mass is 35.5. The van der Waals surface area contributed by atoms with E-state index in [1.807, 2.05) is 12.1 Å². The molecule has 1 atom stereocenters. The summed E-state index contributed by atoms with van der Waals surface area (Å²) in [4.78, 5) is 6.24. The van der Waals surface area contributed by atoms with Crippen LogP contribution < -0.4 is 5.73 Å². The first-order chi connectivity index (χ1) is 10.2. The van der Waals surface area contributed by atoms with E-state index in [9.17, 15) is 4.39 Å². The molecular weight excluding hydrogens is 289 g/mol. The summed E-state index contributed by atoms with van der Waals surface area (Å²) in [6.45, 7) is 4.05. The summed E-state index contributed by atoms with van der Waals surface area (Å²) in [6.07, 6.45) is 3.54. The molecule has 0 aliphatic heterocycles. The quantitative estimate of drug-likeness (QED) is 0.889. The fourth-order valence-electron chi connectivity index (χ4n) is 2.41. The van der Waals surface area contributed by atoms with E-state index in [1.54, 1.807) is 18.5 Å². The number of hydrogen-bond donors (Lipinski definition) is 1. The summed E-state index contributed by atoms with van der Waals surface area (Å²) in [5, 5.41) is 0.415. The summed E-state index contributed by atoms with van der Waals surface area (Å²) in [6, 6.07) is 8.37. The van der Waals surface area contributed by atoms with Gasteiger partial charge in [0.25, 0.3) is 0 Å².